The van der Waals surface area contributed by atoms with Crippen LogP contribution in [-0.4, -0.2) is 48.4 Å². The van der Waals surface area contributed by atoms with E-state index in [0.29, 0.717) is 6.54 Å². The highest BCUT2D eigenvalue weighted by molar-refractivity contribution is 9.12. The van der Waals surface area contributed by atoms with Crippen LogP contribution in [0.15, 0.2) is 30.3 Å². The van der Waals surface area contributed by atoms with Crippen LogP contribution >= 0.6 is 31.9 Å². The second kappa shape index (κ2) is 7.53. The van der Waals surface area contributed by atoms with E-state index in [4.69, 9.17) is 4.74 Å². The fourth-order valence-electron chi connectivity index (χ4n) is 2.04. The molecule has 19 heavy (non-hydrogen) atoms. The number of carbonyl (C=O) groups excluding carboxylic acids is 1. The van der Waals surface area contributed by atoms with Gasteiger partial charge in [-0.25, -0.2) is 0 Å². The van der Waals surface area contributed by atoms with E-state index in [1.54, 1.807) is 0 Å². The first-order valence-corrected chi connectivity index (χ1v) is 8.17. The second-order valence-corrected chi connectivity index (χ2v) is 6.54. The Hall–Kier alpha value is -0.230. The predicted molar refractivity (Wildman–Crippen MR) is 83.1 cm³/mol. The summed E-state index contributed by atoms with van der Waals surface area (Å²) in [6.45, 7) is 3.59. The number of Topliss-reactive ketones (excluding diaryl/α,β-unsaturated/α-hetero) is 1. The molecule has 0 radical (unpaired) electrons. The minimum atomic E-state index is -0.210. The van der Waals surface area contributed by atoms with Gasteiger partial charge in [0.05, 0.1) is 29.4 Å². The van der Waals surface area contributed by atoms with E-state index in [9.17, 15) is 4.79 Å². The number of ether oxygens (including phenoxy) is 1. The third kappa shape index (κ3) is 4.38. The SMILES string of the molecule is O=C(CN1CCOCC1)[C@@H](Br)[C@@H](Br)c1ccccc1. The minimum absolute atomic E-state index is 0.00207. The molecular formula is C14H17Br2NO2. The molecule has 1 aliphatic rings. The van der Waals surface area contributed by atoms with E-state index in [-0.39, 0.29) is 15.4 Å². The third-order valence-electron chi connectivity index (χ3n) is 3.17. The number of hydrogen-bond acceptors (Lipinski definition) is 3. The second-order valence-electron chi connectivity index (χ2n) is 4.57. The summed E-state index contributed by atoms with van der Waals surface area (Å²) in [7, 11) is 0. The van der Waals surface area contributed by atoms with Crippen molar-refractivity contribution in [2.24, 2.45) is 0 Å². The highest BCUT2D eigenvalue weighted by Crippen LogP contribution is 2.31. The molecule has 3 nitrogen and oxygen atoms in total. The van der Waals surface area contributed by atoms with E-state index in [2.05, 4.69) is 36.8 Å². The number of ketones is 1. The smallest absolute Gasteiger partial charge is 0.161 e. The lowest BCUT2D eigenvalue weighted by atomic mass is 10.1. The standard InChI is InChI=1S/C14H17Br2NO2/c15-13(11-4-2-1-3-5-11)14(16)12(18)10-17-6-8-19-9-7-17/h1-5,13-14H,6-10H2/t13-,14+/m0/s1. The molecule has 1 aromatic carbocycles. The van der Waals surface area contributed by atoms with Crippen LogP contribution in [0.1, 0.15) is 10.4 Å². The van der Waals surface area contributed by atoms with Gasteiger partial charge in [-0.05, 0) is 5.56 Å². The van der Waals surface area contributed by atoms with Crippen LogP contribution in [0, 0.1) is 0 Å². The molecule has 0 amide bonds. The van der Waals surface area contributed by atoms with Gasteiger partial charge in [-0.2, -0.15) is 0 Å². The van der Waals surface area contributed by atoms with Crippen molar-refractivity contribution in [1.29, 1.82) is 0 Å². The number of alkyl halides is 2. The zero-order chi connectivity index (χ0) is 13.7. The molecule has 0 N–H and O–H groups in total. The van der Waals surface area contributed by atoms with Crippen molar-refractivity contribution in [2.45, 2.75) is 9.65 Å². The molecule has 2 rings (SSSR count). The van der Waals surface area contributed by atoms with Gasteiger partial charge in [-0.1, -0.05) is 62.2 Å². The number of halogens is 2. The largest absolute Gasteiger partial charge is 0.379 e. The van der Waals surface area contributed by atoms with E-state index in [1.807, 2.05) is 30.3 Å². The summed E-state index contributed by atoms with van der Waals surface area (Å²) >= 11 is 7.12. The van der Waals surface area contributed by atoms with Crippen molar-refractivity contribution in [2.75, 3.05) is 32.8 Å². The van der Waals surface area contributed by atoms with Gasteiger partial charge in [0.2, 0.25) is 0 Å². The molecule has 0 unspecified atom stereocenters. The van der Waals surface area contributed by atoms with E-state index in [0.717, 1.165) is 31.9 Å². The van der Waals surface area contributed by atoms with Gasteiger partial charge < -0.3 is 4.74 Å². The zero-order valence-corrected chi connectivity index (χ0v) is 13.8. The van der Waals surface area contributed by atoms with Crippen molar-refractivity contribution in [1.82, 2.24) is 4.90 Å². The summed E-state index contributed by atoms with van der Waals surface area (Å²) in [5.74, 6) is 0.202. The van der Waals surface area contributed by atoms with Gasteiger partial charge >= 0.3 is 0 Å². The Labute approximate surface area is 130 Å². The number of nitrogens with zero attached hydrogens (tertiary/aromatic N) is 1. The Balaban J connectivity index is 1.91. The number of morpholine rings is 1. The molecular weight excluding hydrogens is 374 g/mol. The fraction of sp³-hybridized carbons (Fsp3) is 0.500. The fourth-order valence-corrected chi connectivity index (χ4v) is 3.09. The lowest BCUT2D eigenvalue weighted by Gasteiger charge is -2.27. The predicted octanol–water partition coefficient (Wildman–Crippen LogP) is 2.79. The number of hydrogen-bond donors (Lipinski definition) is 0. The minimum Gasteiger partial charge on any atom is -0.379 e. The molecule has 1 fully saturated rings. The Kier molecular flexibility index (Phi) is 6.01. The van der Waals surface area contributed by atoms with Gasteiger partial charge in [0, 0.05) is 13.1 Å². The number of rotatable bonds is 5. The summed E-state index contributed by atoms with van der Waals surface area (Å²) in [5.41, 5.74) is 1.11. The van der Waals surface area contributed by atoms with Crippen molar-refractivity contribution in [3.8, 4) is 0 Å². The van der Waals surface area contributed by atoms with Crippen LogP contribution in [0.4, 0.5) is 0 Å². The summed E-state index contributed by atoms with van der Waals surface area (Å²) in [4.78, 5) is 14.2. The van der Waals surface area contributed by atoms with Crippen LogP contribution in [-0.2, 0) is 9.53 Å². The molecule has 1 aromatic rings. The van der Waals surface area contributed by atoms with Crippen molar-refractivity contribution in [3.63, 3.8) is 0 Å². The van der Waals surface area contributed by atoms with E-state index >= 15 is 0 Å². The average molecular weight is 391 g/mol. The normalized spacial score (nSPS) is 19.9. The van der Waals surface area contributed by atoms with Gasteiger partial charge in [-0.15, -0.1) is 0 Å². The molecule has 104 valence electrons. The topological polar surface area (TPSA) is 29.5 Å². The van der Waals surface area contributed by atoms with Crippen molar-refractivity contribution in [3.05, 3.63) is 35.9 Å². The monoisotopic (exact) mass is 389 g/mol. The van der Waals surface area contributed by atoms with Crippen LogP contribution < -0.4 is 0 Å². The molecule has 1 saturated heterocycles. The average Bonchev–Trinajstić information content (AvgIpc) is 2.47. The maximum absolute atomic E-state index is 12.3. The van der Waals surface area contributed by atoms with Gasteiger partial charge in [0.25, 0.3) is 0 Å². The lowest BCUT2D eigenvalue weighted by Crippen LogP contribution is -2.41. The zero-order valence-electron chi connectivity index (χ0n) is 10.6. The van der Waals surface area contributed by atoms with E-state index < -0.39 is 0 Å². The first-order chi connectivity index (χ1) is 9.18. The van der Waals surface area contributed by atoms with Crippen LogP contribution in [0.25, 0.3) is 0 Å². The molecule has 5 heteroatoms. The molecule has 0 aliphatic carbocycles. The van der Waals surface area contributed by atoms with Crippen LogP contribution in [0.2, 0.25) is 0 Å². The Morgan fingerprint density at radius 2 is 1.84 bits per heavy atom. The molecule has 0 bridgehead atoms. The first-order valence-electron chi connectivity index (χ1n) is 6.34. The quantitative estimate of drug-likeness (QED) is 0.724. The Morgan fingerprint density at radius 3 is 2.47 bits per heavy atom. The summed E-state index contributed by atoms with van der Waals surface area (Å²) in [5, 5.41) is 0. The molecule has 1 heterocycles. The molecule has 0 spiro atoms. The highest BCUT2D eigenvalue weighted by atomic mass is 79.9. The van der Waals surface area contributed by atoms with Crippen LogP contribution in [0.3, 0.4) is 0 Å². The maximum atomic E-state index is 12.3. The molecule has 0 saturated carbocycles. The molecule has 2 atom stereocenters. The maximum Gasteiger partial charge on any atom is 0.161 e. The summed E-state index contributed by atoms with van der Waals surface area (Å²) in [6.07, 6.45) is 0. The number of carbonyl (C=O) groups is 1. The van der Waals surface area contributed by atoms with Gasteiger partial charge in [0.1, 0.15) is 0 Å². The Bertz CT molecular complexity index is 407. The van der Waals surface area contributed by atoms with Gasteiger partial charge in [-0.3, -0.25) is 9.69 Å². The van der Waals surface area contributed by atoms with Crippen molar-refractivity contribution < 1.29 is 9.53 Å². The van der Waals surface area contributed by atoms with Crippen LogP contribution in [0.5, 0.6) is 0 Å². The van der Waals surface area contributed by atoms with E-state index in [1.165, 1.54) is 0 Å². The Morgan fingerprint density at radius 1 is 1.21 bits per heavy atom. The highest BCUT2D eigenvalue weighted by Gasteiger charge is 2.26. The van der Waals surface area contributed by atoms with Gasteiger partial charge in [0.15, 0.2) is 5.78 Å². The summed E-state index contributed by atoms with van der Waals surface area (Å²) < 4.78 is 5.28. The molecule has 1 aliphatic heterocycles. The molecule has 0 aromatic heterocycles. The lowest BCUT2D eigenvalue weighted by molar-refractivity contribution is -0.120. The summed E-state index contributed by atoms with van der Waals surface area (Å²) in [6, 6.07) is 9.99. The first kappa shape index (κ1) is 15.2. The van der Waals surface area contributed by atoms with Crippen molar-refractivity contribution >= 4 is 37.6 Å². The third-order valence-corrected chi connectivity index (χ3v) is 5.97. The number of benzene rings is 1.